The van der Waals surface area contributed by atoms with E-state index in [4.69, 9.17) is 0 Å². The predicted octanol–water partition coefficient (Wildman–Crippen LogP) is 7.14. The van der Waals surface area contributed by atoms with Gasteiger partial charge in [0.1, 0.15) is 12.2 Å². The second kappa shape index (κ2) is 24.0. The van der Waals surface area contributed by atoms with Gasteiger partial charge in [0.2, 0.25) is 0 Å². The zero-order valence-electron chi connectivity index (χ0n) is 28.1. The first-order valence-corrected chi connectivity index (χ1v) is 17.6. The summed E-state index contributed by atoms with van der Waals surface area (Å²) in [6.45, 7) is 17.2. The fourth-order valence-electron chi connectivity index (χ4n) is 4.20. The van der Waals surface area contributed by atoms with Crippen LogP contribution >= 0.6 is 0 Å². The van der Waals surface area contributed by atoms with Crippen molar-refractivity contribution in [2.75, 3.05) is 37.8 Å². The number of anilines is 1. The van der Waals surface area contributed by atoms with Crippen molar-refractivity contribution in [1.82, 2.24) is 29.9 Å². The lowest BCUT2D eigenvalue weighted by Crippen LogP contribution is -2.31. The van der Waals surface area contributed by atoms with Gasteiger partial charge in [-0.2, -0.15) is 0 Å². The average Bonchev–Trinajstić information content (AvgIpc) is 3.44. The van der Waals surface area contributed by atoms with Crippen molar-refractivity contribution in [1.29, 1.82) is 0 Å². The first kappa shape index (κ1) is 40.6. The summed E-state index contributed by atoms with van der Waals surface area (Å²) in [5, 5.41) is 11.4. The molecule has 1 unspecified atom stereocenters. The molecule has 0 saturated heterocycles. The van der Waals surface area contributed by atoms with Gasteiger partial charge in [0, 0.05) is 19.3 Å². The number of nitrogens with zero attached hydrogens (tertiary/aromatic N) is 6. The van der Waals surface area contributed by atoms with Crippen LogP contribution < -0.4 is 5.32 Å². The number of rotatable bonds is 15. The molecular formula is C33H54FN7O2S. The Morgan fingerprint density at radius 1 is 1.18 bits per heavy atom. The molecule has 0 spiro atoms. The van der Waals surface area contributed by atoms with Crippen molar-refractivity contribution in [3.63, 3.8) is 0 Å². The number of aromatic nitrogens is 5. The Bertz CT molecular complexity index is 1340. The second-order valence-electron chi connectivity index (χ2n) is 9.57. The van der Waals surface area contributed by atoms with Crippen LogP contribution in [0.1, 0.15) is 80.6 Å². The molecule has 1 atom stereocenters. The minimum atomic E-state index is -3.52. The summed E-state index contributed by atoms with van der Waals surface area (Å²) < 4.78 is 40.2. The van der Waals surface area contributed by atoms with E-state index in [9.17, 15) is 12.8 Å². The first-order chi connectivity index (χ1) is 21.2. The fourth-order valence-corrected chi connectivity index (χ4v) is 4.97. The third-order valence-electron chi connectivity index (χ3n) is 6.03. The SMILES string of the molecule is C#CC.CC.CC.CCC/C=C(\C=C(\F)CNc1ncnc2c1nnn2CCCN(CCC)CC1C=CC=CC1)S(C)(=O)=O. The van der Waals surface area contributed by atoms with Gasteiger partial charge in [-0.1, -0.05) is 83.6 Å². The van der Waals surface area contributed by atoms with Crippen LogP contribution in [-0.4, -0.2) is 70.7 Å². The maximum Gasteiger partial charge on any atom is 0.183 e. The van der Waals surface area contributed by atoms with Crippen molar-refractivity contribution in [2.45, 2.75) is 87.1 Å². The quantitative estimate of drug-likeness (QED) is 0.163. The van der Waals surface area contributed by atoms with E-state index in [-0.39, 0.29) is 11.4 Å². The molecule has 0 radical (unpaired) electrons. The van der Waals surface area contributed by atoms with E-state index >= 15 is 0 Å². The molecular weight excluding hydrogens is 577 g/mol. The van der Waals surface area contributed by atoms with Gasteiger partial charge < -0.3 is 10.2 Å². The average molecular weight is 632 g/mol. The van der Waals surface area contributed by atoms with Crippen LogP contribution in [0.3, 0.4) is 0 Å². The Balaban J connectivity index is 0.00000244. The molecule has 44 heavy (non-hydrogen) atoms. The minimum absolute atomic E-state index is 0.0273. The van der Waals surface area contributed by atoms with Gasteiger partial charge in [0.05, 0.1) is 11.4 Å². The number of sulfone groups is 1. The zero-order valence-corrected chi connectivity index (χ0v) is 28.9. The van der Waals surface area contributed by atoms with Crippen LogP contribution in [0.5, 0.6) is 0 Å². The number of aryl methyl sites for hydroxylation is 1. The van der Waals surface area contributed by atoms with Gasteiger partial charge >= 0.3 is 0 Å². The summed E-state index contributed by atoms with van der Waals surface area (Å²) in [7, 11) is -3.52. The van der Waals surface area contributed by atoms with E-state index in [1.54, 1.807) is 11.6 Å². The molecule has 1 aliphatic carbocycles. The maximum absolute atomic E-state index is 14.6. The number of nitrogens with one attached hydrogen (secondary N) is 1. The molecule has 3 rings (SSSR count). The Labute approximate surface area is 265 Å². The molecule has 0 aliphatic heterocycles. The fraction of sp³-hybridized carbons (Fsp3) is 0.576. The normalized spacial score (nSPS) is 14.5. The van der Waals surface area contributed by atoms with Crippen molar-refractivity contribution in [2.24, 2.45) is 5.92 Å². The van der Waals surface area contributed by atoms with E-state index < -0.39 is 15.7 Å². The van der Waals surface area contributed by atoms with Gasteiger partial charge in [-0.15, -0.1) is 17.4 Å². The highest BCUT2D eigenvalue weighted by molar-refractivity contribution is 7.94. The minimum Gasteiger partial charge on any atom is -0.362 e. The van der Waals surface area contributed by atoms with Crippen molar-refractivity contribution < 1.29 is 12.8 Å². The van der Waals surface area contributed by atoms with Gasteiger partial charge in [0.25, 0.3) is 0 Å². The predicted molar refractivity (Wildman–Crippen MR) is 184 cm³/mol. The third kappa shape index (κ3) is 15.4. The molecule has 1 N–H and O–H groups in total. The maximum atomic E-state index is 14.6. The lowest BCUT2D eigenvalue weighted by molar-refractivity contribution is 0.240. The highest BCUT2D eigenvalue weighted by atomic mass is 32.2. The van der Waals surface area contributed by atoms with Crippen LogP contribution in [0.2, 0.25) is 0 Å². The summed E-state index contributed by atoms with van der Waals surface area (Å²) in [6, 6.07) is 0. The molecule has 9 nitrogen and oxygen atoms in total. The van der Waals surface area contributed by atoms with E-state index in [2.05, 4.69) is 74.1 Å². The van der Waals surface area contributed by atoms with Crippen LogP contribution in [-0.2, 0) is 16.4 Å². The Kier molecular flexibility index (Phi) is 22.2. The van der Waals surface area contributed by atoms with Crippen LogP contribution in [0.15, 0.2) is 53.5 Å². The van der Waals surface area contributed by atoms with Gasteiger partial charge in [0.15, 0.2) is 26.8 Å². The summed E-state index contributed by atoms with van der Waals surface area (Å²) in [5.74, 6) is 2.53. The monoisotopic (exact) mass is 631 g/mol. The highest BCUT2D eigenvalue weighted by Gasteiger charge is 2.15. The lowest BCUT2D eigenvalue weighted by Gasteiger charge is -2.26. The number of allylic oxidation sites excluding steroid dienone is 5. The van der Waals surface area contributed by atoms with E-state index in [0.29, 0.717) is 35.9 Å². The largest absolute Gasteiger partial charge is 0.362 e. The number of hydrogen-bond donors (Lipinski definition) is 1. The topological polar surface area (TPSA) is 106 Å². The molecule has 11 heteroatoms. The molecule has 0 saturated carbocycles. The highest BCUT2D eigenvalue weighted by Crippen LogP contribution is 2.19. The number of fused-ring (bicyclic) bond motifs is 1. The smallest absolute Gasteiger partial charge is 0.183 e. The number of terminal acetylenes is 1. The third-order valence-corrected chi connectivity index (χ3v) is 7.17. The van der Waals surface area contributed by atoms with Crippen molar-refractivity contribution in [3.05, 3.63) is 53.5 Å². The van der Waals surface area contributed by atoms with E-state index in [0.717, 1.165) is 57.6 Å². The zero-order chi connectivity index (χ0) is 33.4. The van der Waals surface area contributed by atoms with Crippen LogP contribution in [0, 0.1) is 18.3 Å². The molecule has 0 bridgehead atoms. The number of halogens is 1. The molecule has 2 heterocycles. The molecule has 0 amide bonds. The molecule has 2 aromatic heterocycles. The second-order valence-corrected chi connectivity index (χ2v) is 11.6. The van der Waals surface area contributed by atoms with Crippen molar-refractivity contribution in [3.8, 4) is 12.3 Å². The summed E-state index contributed by atoms with van der Waals surface area (Å²) in [4.78, 5) is 11.0. The van der Waals surface area contributed by atoms with E-state index in [1.165, 1.54) is 12.4 Å². The molecule has 2 aromatic rings. The Morgan fingerprint density at radius 3 is 2.48 bits per heavy atom. The number of hydrogen-bond acceptors (Lipinski definition) is 8. The van der Waals surface area contributed by atoms with Gasteiger partial charge in [-0.3, -0.25) is 0 Å². The first-order valence-electron chi connectivity index (χ1n) is 15.7. The molecule has 0 aromatic carbocycles. The summed E-state index contributed by atoms with van der Waals surface area (Å²) in [6.07, 6.45) is 22.8. The van der Waals surface area contributed by atoms with Gasteiger partial charge in [-0.25, -0.2) is 27.5 Å². The van der Waals surface area contributed by atoms with Gasteiger partial charge in [-0.05, 0) is 57.7 Å². The van der Waals surface area contributed by atoms with Crippen LogP contribution in [0.4, 0.5) is 10.2 Å². The Hall–Kier alpha value is -3.36. The van der Waals surface area contributed by atoms with Crippen LogP contribution in [0.25, 0.3) is 11.2 Å². The van der Waals surface area contributed by atoms with E-state index in [1.807, 2.05) is 34.6 Å². The Morgan fingerprint density at radius 2 is 1.89 bits per heavy atom. The van der Waals surface area contributed by atoms with Crippen molar-refractivity contribution >= 4 is 26.8 Å². The molecule has 246 valence electrons. The lowest BCUT2D eigenvalue weighted by atomic mass is 10.00. The molecule has 1 aliphatic rings. The number of unbranched alkanes of at least 4 members (excludes halogenated alkanes) is 1. The molecule has 0 fully saturated rings. The summed E-state index contributed by atoms with van der Waals surface area (Å²) in [5.41, 5.74) is 1.02. The summed E-state index contributed by atoms with van der Waals surface area (Å²) >= 11 is 0. The standard InChI is InChI=1S/C26H38FN7O2S.C3H4.2C2H6/c1-4-6-13-23(37(3,35)36)17-22(27)18-28-25-24-26(30-20-29-25)34(32-31-24)16-10-15-33(14-5-2)19-21-11-8-7-9-12-21;1-3-2;2*1-2/h7-9,11,13,17,20-21H,4-6,10,12,14-16,18-19H2,1-3H3,(H,28,29,30);1H,2H3;2*1-2H3/b22-17+,23-13+;;;.